The third kappa shape index (κ3) is 4.32. The van der Waals surface area contributed by atoms with Crippen molar-refractivity contribution in [3.63, 3.8) is 0 Å². The van der Waals surface area contributed by atoms with Crippen LogP contribution in [0.15, 0.2) is 53.0 Å². The Balaban J connectivity index is 2.11. The Hall–Kier alpha value is -1.32. The second-order valence-corrected chi connectivity index (χ2v) is 6.09. The summed E-state index contributed by atoms with van der Waals surface area (Å²) in [4.78, 5) is 0. The quantitative estimate of drug-likeness (QED) is 0.769. The van der Waals surface area contributed by atoms with E-state index in [9.17, 15) is 0 Å². The molecule has 0 fully saturated rings. The van der Waals surface area contributed by atoms with Crippen LogP contribution in [0.4, 0.5) is 0 Å². The molecule has 0 aliphatic carbocycles. The number of rotatable bonds is 6. The van der Waals surface area contributed by atoms with Crippen LogP contribution in [0, 0.1) is 0 Å². The predicted molar refractivity (Wildman–Crippen MR) is 91.7 cm³/mol. The van der Waals surface area contributed by atoms with Crippen LogP contribution in [-0.2, 0) is 0 Å². The molecule has 112 valence electrons. The highest BCUT2D eigenvalue weighted by Crippen LogP contribution is 2.25. The fourth-order valence-electron chi connectivity index (χ4n) is 2.45. The van der Waals surface area contributed by atoms with E-state index < -0.39 is 0 Å². The summed E-state index contributed by atoms with van der Waals surface area (Å²) in [5.41, 5.74) is 2.56. The molecule has 3 heteroatoms. The van der Waals surface area contributed by atoms with Gasteiger partial charge in [0, 0.05) is 16.6 Å². The Bertz CT molecular complexity index is 568. The smallest absolute Gasteiger partial charge is 0.119 e. The van der Waals surface area contributed by atoms with Crippen molar-refractivity contribution in [1.29, 1.82) is 0 Å². The van der Waals surface area contributed by atoms with Gasteiger partial charge in [0.1, 0.15) is 5.75 Å². The van der Waals surface area contributed by atoms with Crippen LogP contribution in [-0.4, -0.2) is 7.11 Å². The molecule has 1 N–H and O–H groups in total. The fraction of sp³-hybridized carbons (Fsp3) is 0.333. The highest BCUT2D eigenvalue weighted by atomic mass is 79.9. The third-order valence-corrected chi connectivity index (χ3v) is 4.25. The lowest BCUT2D eigenvalue weighted by molar-refractivity contribution is 0.411. The van der Waals surface area contributed by atoms with Crippen molar-refractivity contribution in [2.45, 2.75) is 32.4 Å². The van der Waals surface area contributed by atoms with E-state index in [0.29, 0.717) is 6.04 Å². The summed E-state index contributed by atoms with van der Waals surface area (Å²) in [5.74, 6) is 0.901. The van der Waals surface area contributed by atoms with Gasteiger partial charge in [-0.25, -0.2) is 0 Å². The molecule has 0 bridgehead atoms. The maximum Gasteiger partial charge on any atom is 0.119 e. The lowest BCUT2D eigenvalue weighted by atomic mass is 10.0. The van der Waals surface area contributed by atoms with Crippen LogP contribution in [0.5, 0.6) is 5.75 Å². The van der Waals surface area contributed by atoms with E-state index in [0.717, 1.165) is 16.6 Å². The van der Waals surface area contributed by atoms with E-state index >= 15 is 0 Å². The summed E-state index contributed by atoms with van der Waals surface area (Å²) in [6.45, 7) is 4.40. The van der Waals surface area contributed by atoms with Gasteiger partial charge in [-0.2, -0.15) is 0 Å². The molecule has 0 saturated heterocycles. The van der Waals surface area contributed by atoms with Crippen molar-refractivity contribution in [2.75, 3.05) is 7.11 Å². The number of nitrogens with one attached hydrogen (secondary N) is 1. The SMILES string of the molecule is CCC(N[C@H](C)c1cccc(OC)c1)c1ccc(Br)cc1. The van der Waals surface area contributed by atoms with Crippen LogP contribution in [0.25, 0.3) is 0 Å². The molecule has 0 heterocycles. The molecule has 0 aliphatic heterocycles. The Morgan fingerprint density at radius 1 is 1.10 bits per heavy atom. The van der Waals surface area contributed by atoms with Gasteiger partial charge in [-0.1, -0.05) is 47.1 Å². The van der Waals surface area contributed by atoms with Crippen LogP contribution in [0.3, 0.4) is 0 Å². The summed E-state index contributed by atoms with van der Waals surface area (Å²) in [7, 11) is 1.70. The molecular weight excluding hydrogens is 326 g/mol. The normalized spacial score (nSPS) is 13.7. The van der Waals surface area contributed by atoms with Gasteiger partial charge in [-0.05, 0) is 48.7 Å². The summed E-state index contributed by atoms with van der Waals surface area (Å²) in [5, 5.41) is 3.70. The maximum absolute atomic E-state index is 5.30. The monoisotopic (exact) mass is 347 g/mol. The van der Waals surface area contributed by atoms with Crippen LogP contribution < -0.4 is 10.1 Å². The van der Waals surface area contributed by atoms with E-state index in [-0.39, 0.29) is 6.04 Å². The van der Waals surface area contributed by atoms with Gasteiger partial charge in [0.15, 0.2) is 0 Å². The minimum atomic E-state index is 0.272. The van der Waals surface area contributed by atoms with Crippen molar-refractivity contribution in [3.05, 3.63) is 64.1 Å². The van der Waals surface area contributed by atoms with Crippen molar-refractivity contribution in [3.8, 4) is 5.75 Å². The molecule has 21 heavy (non-hydrogen) atoms. The first-order chi connectivity index (χ1) is 10.1. The van der Waals surface area contributed by atoms with Gasteiger partial charge in [0.2, 0.25) is 0 Å². The largest absolute Gasteiger partial charge is 0.497 e. The Labute approximate surface area is 135 Å². The van der Waals surface area contributed by atoms with E-state index in [1.807, 2.05) is 12.1 Å². The third-order valence-electron chi connectivity index (χ3n) is 3.73. The average molecular weight is 348 g/mol. The van der Waals surface area contributed by atoms with E-state index in [4.69, 9.17) is 4.74 Å². The first-order valence-corrected chi connectivity index (χ1v) is 8.08. The maximum atomic E-state index is 5.30. The summed E-state index contributed by atoms with van der Waals surface area (Å²) in [6.07, 6.45) is 1.05. The average Bonchev–Trinajstić information content (AvgIpc) is 2.53. The molecule has 0 aromatic heterocycles. The van der Waals surface area contributed by atoms with Crippen molar-refractivity contribution in [2.24, 2.45) is 0 Å². The number of hydrogen-bond donors (Lipinski definition) is 1. The Morgan fingerprint density at radius 3 is 2.43 bits per heavy atom. The minimum absolute atomic E-state index is 0.272. The molecule has 0 amide bonds. The number of hydrogen-bond acceptors (Lipinski definition) is 2. The van der Waals surface area contributed by atoms with Gasteiger partial charge in [-0.3, -0.25) is 0 Å². The van der Waals surface area contributed by atoms with Crippen molar-refractivity contribution in [1.82, 2.24) is 5.32 Å². The molecule has 0 aliphatic rings. The molecule has 1 unspecified atom stereocenters. The Kier molecular flexibility index (Phi) is 5.83. The molecule has 0 spiro atoms. The van der Waals surface area contributed by atoms with E-state index in [2.05, 4.69) is 71.5 Å². The van der Waals surface area contributed by atoms with Gasteiger partial charge in [0.05, 0.1) is 7.11 Å². The zero-order valence-corrected chi connectivity index (χ0v) is 14.4. The number of ether oxygens (including phenoxy) is 1. The van der Waals surface area contributed by atoms with Crippen molar-refractivity contribution >= 4 is 15.9 Å². The van der Waals surface area contributed by atoms with Crippen LogP contribution >= 0.6 is 15.9 Å². The number of methoxy groups -OCH3 is 1. The topological polar surface area (TPSA) is 21.3 Å². The molecule has 2 atom stereocenters. The fourth-order valence-corrected chi connectivity index (χ4v) is 2.72. The summed E-state index contributed by atoms with van der Waals surface area (Å²) >= 11 is 3.49. The first kappa shape index (κ1) is 16.1. The number of benzene rings is 2. The molecule has 0 radical (unpaired) electrons. The highest BCUT2D eigenvalue weighted by molar-refractivity contribution is 9.10. The molecule has 0 saturated carbocycles. The minimum Gasteiger partial charge on any atom is -0.497 e. The Morgan fingerprint density at radius 2 is 1.81 bits per heavy atom. The van der Waals surface area contributed by atoms with E-state index in [1.54, 1.807) is 7.11 Å². The highest BCUT2D eigenvalue weighted by Gasteiger charge is 2.14. The van der Waals surface area contributed by atoms with Crippen LogP contribution in [0.1, 0.15) is 43.5 Å². The molecule has 2 rings (SSSR count). The lowest BCUT2D eigenvalue weighted by Crippen LogP contribution is -2.24. The van der Waals surface area contributed by atoms with E-state index in [1.165, 1.54) is 11.1 Å². The predicted octanol–water partition coefficient (Wildman–Crippen LogP) is 5.26. The second kappa shape index (κ2) is 7.62. The van der Waals surface area contributed by atoms with Gasteiger partial charge in [-0.15, -0.1) is 0 Å². The van der Waals surface area contributed by atoms with Crippen molar-refractivity contribution < 1.29 is 4.74 Å². The summed E-state index contributed by atoms with van der Waals surface area (Å²) < 4.78 is 6.41. The lowest BCUT2D eigenvalue weighted by Gasteiger charge is -2.23. The molecule has 2 aromatic rings. The standard InChI is InChI=1S/C18H22BrNO/c1-4-18(14-8-10-16(19)11-9-14)20-13(2)15-6-5-7-17(12-15)21-3/h5-13,18,20H,4H2,1-3H3/t13-,18?/m1/s1. The van der Waals surface area contributed by atoms with Crippen LogP contribution in [0.2, 0.25) is 0 Å². The molecule has 2 aromatic carbocycles. The summed E-state index contributed by atoms with van der Waals surface area (Å²) in [6, 6.07) is 17.4. The van der Waals surface area contributed by atoms with Gasteiger partial charge >= 0.3 is 0 Å². The first-order valence-electron chi connectivity index (χ1n) is 7.29. The van der Waals surface area contributed by atoms with Gasteiger partial charge in [0.25, 0.3) is 0 Å². The number of halogens is 1. The van der Waals surface area contributed by atoms with Gasteiger partial charge < -0.3 is 10.1 Å². The molecular formula is C18H22BrNO. The zero-order chi connectivity index (χ0) is 15.2. The second-order valence-electron chi connectivity index (χ2n) is 5.18. The zero-order valence-electron chi connectivity index (χ0n) is 12.8. The molecule has 2 nitrogen and oxygen atoms in total.